The Labute approximate surface area is 103 Å². The molecule has 0 aliphatic heterocycles. The number of fused-ring (bicyclic) bond motifs is 1. The summed E-state index contributed by atoms with van der Waals surface area (Å²) in [5.41, 5.74) is 1.81. The fourth-order valence-corrected chi connectivity index (χ4v) is 1.97. The van der Waals surface area contributed by atoms with Gasteiger partial charge >= 0.3 is 0 Å². The lowest BCUT2D eigenvalue weighted by molar-refractivity contribution is 0.477. The van der Waals surface area contributed by atoms with Gasteiger partial charge in [-0.2, -0.15) is 0 Å². The van der Waals surface area contributed by atoms with Gasteiger partial charge in [0.1, 0.15) is 5.82 Å². The fraction of sp³-hybridized carbons (Fsp3) is 0.0714. The number of benzene rings is 1. The topological polar surface area (TPSA) is 37.5 Å². The van der Waals surface area contributed by atoms with Crippen molar-refractivity contribution < 1.29 is 9.50 Å². The van der Waals surface area contributed by atoms with Crippen molar-refractivity contribution in [2.45, 2.75) is 6.42 Å². The van der Waals surface area contributed by atoms with Crippen molar-refractivity contribution in [3.05, 3.63) is 65.9 Å². The van der Waals surface area contributed by atoms with E-state index in [9.17, 15) is 9.50 Å². The Bertz CT molecular complexity index is 706. The van der Waals surface area contributed by atoms with E-state index in [4.69, 9.17) is 0 Å². The number of hydrogen-bond donors (Lipinski definition) is 1. The van der Waals surface area contributed by atoms with Crippen molar-refractivity contribution in [3.63, 3.8) is 0 Å². The summed E-state index contributed by atoms with van der Waals surface area (Å²) in [6.45, 7) is 0. The molecule has 3 aromatic rings. The first-order valence-electron chi connectivity index (χ1n) is 5.63. The number of nitrogens with zero attached hydrogens (tertiary/aromatic N) is 2. The minimum Gasteiger partial charge on any atom is -0.504 e. The van der Waals surface area contributed by atoms with E-state index in [0.29, 0.717) is 17.6 Å². The highest BCUT2D eigenvalue weighted by Crippen LogP contribution is 2.19. The Morgan fingerprint density at radius 1 is 1.17 bits per heavy atom. The van der Waals surface area contributed by atoms with Crippen molar-refractivity contribution >= 4 is 5.65 Å². The monoisotopic (exact) mass is 242 g/mol. The number of hydrogen-bond acceptors (Lipinski definition) is 2. The number of rotatable bonds is 2. The molecule has 0 saturated carbocycles. The second kappa shape index (κ2) is 4.14. The van der Waals surface area contributed by atoms with E-state index in [1.165, 1.54) is 6.07 Å². The lowest BCUT2D eigenvalue weighted by atomic mass is 10.1. The number of aromatic hydroxyl groups is 1. The van der Waals surface area contributed by atoms with E-state index in [0.717, 1.165) is 5.69 Å². The third-order valence-corrected chi connectivity index (χ3v) is 2.84. The Kier molecular flexibility index (Phi) is 2.48. The average Bonchev–Trinajstić information content (AvgIpc) is 2.76. The molecule has 3 nitrogen and oxygen atoms in total. The molecule has 0 atom stereocenters. The van der Waals surface area contributed by atoms with Gasteiger partial charge in [0.15, 0.2) is 11.4 Å². The van der Waals surface area contributed by atoms with Gasteiger partial charge in [0, 0.05) is 18.8 Å². The molecule has 2 heterocycles. The molecule has 18 heavy (non-hydrogen) atoms. The average molecular weight is 242 g/mol. The molecule has 0 radical (unpaired) electrons. The molecule has 4 heteroatoms. The normalized spacial score (nSPS) is 10.9. The highest BCUT2D eigenvalue weighted by Gasteiger charge is 2.08. The van der Waals surface area contributed by atoms with Crippen LogP contribution in [0.5, 0.6) is 5.75 Å². The van der Waals surface area contributed by atoms with E-state index < -0.39 is 0 Å². The van der Waals surface area contributed by atoms with Crippen LogP contribution in [0.1, 0.15) is 11.3 Å². The molecule has 90 valence electrons. The predicted molar refractivity (Wildman–Crippen MR) is 66.1 cm³/mol. The smallest absolute Gasteiger partial charge is 0.179 e. The quantitative estimate of drug-likeness (QED) is 0.750. The van der Waals surface area contributed by atoms with Crippen LogP contribution in [0.15, 0.2) is 48.8 Å². The molecule has 0 amide bonds. The lowest BCUT2D eigenvalue weighted by Crippen LogP contribution is -1.91. The van der Waals surface area contributed by atoms with Gasteiger partial charge in [0.2, 0.25) is 0 Å². The minimum absolute atomic E-state index is 0.122. The molecule has 0 fully saturated rings. The fourth-order valence-electron chi connectivity index (χ4n) is 1.97. The third-order valence-electron chi connectivity index (χ3n) is 2.84. The van der Waals surface area contributed by atoms with E-state index >= 15 is 0 Å². The summed E-state index contributed by atoms with van der Waals surface area (Å²) in [4.78, 5) is 4.29. The third kappa shape index (κ3) is 1.82. The van der Waals surface area contributed by atoms with E-state index in [-0.39, 0.29) is 11.6 Å². The molecule has 1 aromatic carbocycles. The van der Waals surface area contributed by atoms with E-state index in [1.807, 2.05) is 0 Å². The maximum Gasteiger partial charge on any atom is 0.179 e. The van der Waals surface area contributed by atoms with Crippen LogP contribution in [0.3, 0.4) is 0 Å². The number of aromatic nitrogens is 2. The van der Waals surface area contributed by atoms with Gasteiger partial charge < -0.3 is 9.51 Å². The Balaban J connectivity index is 2.01. The molecule has 0 saturated heterocycles. The van der Waals surface area contributed by atoms with Crippen LogP contribution >= 0.6 is 0 Å². The van der Waals surface area contributed by atoms with E-state index in [1.54, 1.807) is 47.1 Å². The van der Waals surface area contributed by atoms with Gasteiger partial charge in [-0.25, -0.2) is 9.37 Å². The van der Waals surface area contributed by atoms with E-state index in [2.05, 4.69) is 4.98 Å². The van der Waals surface area contributed by atoms with Crippen molar-refractivity contribution in [1.29, 1.82) is 0 Å². The molecule has 0 bridgehead atoms. The second-order valence-electron chi connectivity index (χ2n) is 4.12. The van der Waals surface area contributed by atoms with Crippen LogP contribution in [0.25, 0.3) is 5.65 Å². The maximum atomic E-state index is 13.5. The summed E-state index contributed by atoms with van der Waals surface area (Å²) in [6.07, 6.45) is 4.00. The summed E-state index contributed by atoms with van der Waals surface area (Å²) in [5, 5.41) is 9.65. The Morgan fingerprint density at radius 2 is 2.00 bits per heavy atom. The summed E-state index contributed by atoms with van der Waals surface area (Å²) in [5.74, 6) is -0.115. The molecule has 0 unspecified atom stereocenters. The molecular formula is C14H11FN2O. The first-order chi connectivity index (χ1) is 8.74. The molecule has 3 rings (SSSR count). The summed E-state index contributed by atoms with van der Waals surface area (Å²) < 4.78 is 15.3. The molecule has 2 aromatic heterocycles. The molecule has 1 N–H and O–H groups in total. The highest BCUT2D eigenvalue weighted by molar-refractivity contribution is 5.53. The zero-order valence-electron chi connectivity index (χ0n) is 9.55. The minimum atomic E-state index is -0.237. The van der Waals surface area contributed by atoms with Crippen molar-refractivity contribution in [2.24, 2.45) is 0 Å². The molecule has 0 aliphatic rings. The maximum absolute atomic E-state index is 13.5. The highest BCUT2D eigenvalue weighted by atomic mass is 19.1. The predicted octanol–water partition coefficient (Wildman–Crippen LogP) is 2.77. The molecule has 0 spiro atoms. The number of pyridine rings is 1. The molecule has 0 aliphatic carbocycles. The Morgan fingerprint density at radius 3 is 2.78 bits per heavy atom. The second-order valence-corrected chi connectivity index (χ2v) is 4.12. The van der Waals surface area contributed by atoms with Crippen LogP contribution in [0.2, 0.25) is 0 Å². The van der Waals surface area contributed by atoms with Crippen LogP contribution < -0.4 is 0 Å². The van der Waals surface area contributed by atoms with Crippen LogP contribution in [-0.4, -0.2) is 14.5 Å². The van der Waals surface area contributed by atoms with Gasteiger partial charge in [0.05, 0.1) is 5.69 Å². The van der Waals surface area contributed by atoms with Crippen LogP contribution in [0.4, 0.5) is 4.39 Å². The van der Waals surface area contributed by atoms with Gasteiger partial charge in [0.25, 0.3) is 0 Å². The first kappa shape index (κ1) is 10.8. The zero-order chi connectivity index (χ0) is 12.5. The van der Waals surface area contributed by atoms with Gasteiger partial charge in [-0.3, -0.25) is 0 Å². The summed E-state index contributed by atoms with van der Waals surface area (Å²) >= 11 is 0. The van der Waals surface area contributed by atoms with Crippen LogP contribution in [-0.2, 0) is 6.42 Å². The van der Waals surface area contributed by atoms with Crippen molar-refractivity contribution in [2.75, 3.05) is 0 Å². The summed E-state index contributed by atoms with van der Waals surface area (Å²) in [6, 6.07) is 9.94. The van der Waals surface area contributed by atoms with Crippen molar-refractivity contribution in [1.82, 2.24) is 9.38 Å². The largest absolute Gasteiger partial charge is 0.504 e. The summed E-state index contributed by atoms with van der Waals surface area (Å²) in [7, 11) is 0. The first-order valence-corrected chi connectivity index (χ1v) is 5.63. The standard InChI is InChI=1S/C14H11FN2O/c15-12-5-2-1-4-10(12)8-11-9-17-7-3-6-13(18)14(17)16-11/h1-7,9,18H,8H2. The van der Waals surface area contributed by atoms with Gasteiger partial charge in [-0.05, 0) is 23.8 Å². The SMILES string of the molecule is Oc1cccn2cc(Cc3ccccc3F)nc12. The molecular weight excluding hydrogens is 231 g/mol. The van der Waals surface area contributed by atoms with Gasteiger partial charge in [-0.1, -0.05) is 18.2 Å². The van der Waals surface area contributed by atoms with Crippen LogP contribution in [0, 0.1) is 5.82 Å². The number of imidazole rings is 1. The van der Waals surface area contributed by atoms with Gasteiger partial charge in [-0.15, -0.1) is 0 Å². The Hall–Kier alpha value is -2.36. The zero-order valence-corrected chi connectivity index (χ0v) is 9.55. The lowest BCUT2D eigenvalue weighted by Gasteiger charge is -1.98. The van der Waals surface area contributed by atoms with Crippen molar-refractivity contribution in [3.8, 4) is 5.75 Å². The number of halogens is 1.